The molecule has 1 aromatic heterocycles. The van der Waals surface area contributed by atoms with Crippen LogP contribution in [0, 0.1) is 0 Å². The van der Waals surface area contributed by atoms with Gasteiger partial charge >= 0.3 is 18.4 Å². The molecule has 2 amide bonds. The summed E-state index contributed by atoms with van der Waals surface area (Å²) in [6.07, 6.45) is -7.98. The highest BCUT2D eigenvalue weighted by Crippen LogP contribution is 2.36. The maximum atomic E-state index is 13.6. The van der Waals surface area contributed by atoms with Gasteiger partial charge in [-0.05, 0) is 36.4 Å². The van der Waals surface area contributed by atoms with Crippen LogP contribution < -0.4 is 10.2 Å². The van der Waals surface area contributed by atoms with Gasteiger partial charge in [0.25, 0.3) is 0 Å². The lowest BCUT2D eigenvalue weighted by atomic mass is 10.1. The van der Waals surface area contributed by atoms with Crippen molar-refractivity contribution >= 4 is 17.5 Å². The Labute approximate surface area is 172 Å². The van der Waals surface area contributed by atoms with Crippen LogP contribution in [0.25, 0.3) is 0 Å². The lowest BCUT2D eigenvalue weighted by molar-refractivity contribution is -0.138. The predicted octanol–water partition coefficient (Wildman–Crippen LogP) is 4.81. The maximum Gasteiger partial charge on any atom is 0.419 e. The molecule has 1 saturated heterocycles. The Morgan fingerprint density at radius 2 is 1.71 bits per heavy atom. The Morgan fingerprint density at radius 1 is 1.03 bits per heavy atom. The van der Waals surface area contributed by atoms with Crippen molar-refractivity contribution in [3.05, 3.63) is 53.7 Å². The third-order valence-corrected chi connectivity index (χ3v) is 4.78. The van der Waals surface area contributed by atoms with Gasteiger partial charge in [0.1, 0.15) is 12.5 Å². The first-order valence-corrected chi connectivity index (χ1v) is 9.08. The first-order valence-electron chi connectivity index (χ1n) is 9.08. The number of alkyl halides is 7. The fourth-order valence-corrected chi connectivity index (χ4v) is 3.26. The van der Waals surface area contributed by atoms with E-state index < -0.39 is 42.2 Å². The van der Waals surface area contributed by atoms with Crippen LogP contribution in [0.4, 0.5) is 47.0 Å². The highest BCUT2D eigenvalue weighted by molar-refractivity contribution is 5.89. The van der Waals surface area contributed by atoms with E-state index in [-0.39, 0.29) is 31.1 Å². The Balaban J connectivity index is 1.71. The number of rotatable bonds is 3. The van der Waals surface area contributed by atoms with Gasteiger partial charge in [-0.25, -0.2) is 14.2 Å². The second-order valence-electron chi connectivity index (χ2n) is 6.83. The van der Waals surface area contributed by atoms with Crippen molar-refractivity contribution in [1.29, 1.82) is 0 Å². The molecule has 1 aliphatic rings. The number of halogens is 7. The number of urea groups is 1. The molecular weight excluding hydrogens is 433 g/mol. The normalized spacial score (nSPS) is 17.6. The lowest BCUT2D eigenvalue weighted by Gasteiger charge is -2.41. The summed E-state index contributed by atoms with van der Waals surface area (Å²) in [5.74, 6) is -0.351. The third-order valence-electron chi connectivity index (χ3n) is 4.78. The standard InChI is InChI=1S/C19H17F7N4O/c20-10-14-11-29(16-15(19(24,25)26)2-1-7-27-16)8-9-30(14)17(31)28-13-5-3-12(4-6-13)18(21,22)23/h1-7,14H,8-11H2,(H,28,31). The van der Waals surface area contributed by atoms with Crippen LogP contribution in [0.1, 0.15) is 11.1 Å². The molecule has 168 valence electrons. The largest absolute Gasteiger partial charge is 0.419 e. The van der Waals surface area contributed by atoms with Crippen LogP contribution in [-0.2, 0) is 12.4 Å². The number of nitrogens with one attached hydrogen (secondary N) is 1. The molecular formula is C19H17F7N4O. The molecule has 1 aromatic carbocycles. The Morgan fingerprint density at radius 3 is 2.29 bits per heavy atom. The Hall–Kier alpha value is -3.05. The number of hydrogen-bond donors (Lipinski definition) is 1. The van der Waals surface area contributed by atoms with Crippen molar-refractivity contribution in [1.82, 2.24) is 9.88 Å². The SMILES string of the molecule is O=C(Nc1ccc(C(F)(F)F)cc1)N1CCN(c2ncccc2C(F)(F)F)CC1CF. The van der Waals surface area contributed by atoms with Crippen molar-refractivity contribution in [2.45, 2.75) is 18.4 Å². The van der Waals surface area contributed by atoms with E-state index in [0.29, 0.717) is 0 Å². The second kappa shape index (κ2) is 8.60. The number of anilines is 2. The zero-order valence-electron chi connectivity index (χ0n) is 15.8. The quantitative estimate of drug-likeness (QED) is 0.683. The number of nitrogens with zero attached hydrogens (tertiary/aromatic N) is 3. The molecule has 0 bridgehead atoms. The molecule has 0 aliphatic carbocycles. The van der Waals surface area contributed by atoms with Crippen molar-refractivity contribution in [2.75, 3.05) is 36.5 Å². The molecule has 1 atom stereocenters. The number of piperazine rings is 1. The van der Waals surface area contributed by atoms with Crippen LogP contribution >= 0.6 is 0 Å². The van der Waals surface area contributed by atoms with Gasteiger partial charge in [-0.15, -0.1) is 0 Å². The first-order chi connectivity index (χ1) is 14.5. The molecule has 0 saturated carbocycles. The van der Waals surface area contributed by atoms with Crippen LogP contribution in [0.15, 0.2) is 42.6 Å². The maximum absolute atomic E-state index is 13.6. The van der Waals surface area contributed by atoms with Gasteiger partial charge < -0.3 is 15.1 Å². The van der Waals surface area contributed by atoms with Gasteiger partial charge in [-0.2, -0.15) is 26.3 Å². The Kier molecular flexibility index (Phi) is 6.27. The molecule has 0 radical (unpaired) electrons. The van der Waals surface area contributed by atoms with E-state index in [1.54, 1.807) is 0 Å². The van der Waals surface area contributed by atoms with Crippen molar-refractivity contribution in [3.63, 3.8) is 0 Å². The minimum atomic E-state index is -4.65. The molecule has 3 rings (SSSR count). The molecule has 1 unspecified atom stereocenters. The van der Waals surface area contributed by atoms with E-state index in [2.05, 4.69) is 10.3 Å². The highest BCUT2D eigenvalue weighted by Gasteiger charge is 2.38. The van der Waals surface area contributed by atoms with Gasteiger partial charge in [-0.1, -0.05) is 0 Å². The molecule has 1 aliphatic heterocycles. The molecule has 31 heavy (non-hydrogen) atoms. The first kappa shape index (κ1) is 22.6. The van der Waals surface area contributed by atoms with Gasteiger partial charge in [0.05, 0.1) is 17.2 Å². The monoisotopic (exact) mass is 450 g/mol. The number of aromatic nitrogens is 1. The van der Waals surface area contributed by atoms with Gasteiger partial charge in [-0.3, -0.25) is 0 Å². The van der Waals surface area contributed by atoms with E-state index in [1.165, 1.54) is 11.1 Å². The summed E-state index contributed by atoms with van der Waals surface area (Å²) in [7, 11) is 0. The molecule has 2 aromatic rings. The van der Waals surface area contributed by atoms with Gasteiger partial charge in [0.2, 0.25) is 0 Å². The highest BCUT2D eigenvalue weighted by atomic mass is 19.4. The van der Waals surface area contributed by atoms with Gasteiger partial charge in [0.15, 0.2) is 0 Å². The number of pyridine rings is 1. The number of carbonyl (C=O) groups is 1. The summed E-state index contributed by atoms with van der Waals surface area (Å²) in [5, 5.41) is 2.38. The molecule has 1 N–H and O–H groups in total. The summed E-state index contributed by atoms with van der Waals surface area (Å²) in [5.41, 5.74) is -1.78. The predicted molar refractivity (Wildman–Crippen MR) is 98.4 cm³/mol. The van der Waals surface area contributed by atoms with E-state index in [9.17, 15) is 35.5 Å². The number of benzene rings is 1. The molecule has 5 nitrogen and oxygen atoms in total. The fraction of sp³-hybridized carbons (Fsp3) is 0.368. The van der Waals surface area contributed by atoms with E-state index in [1.807, 2.05) is 0 Å². The van der Waals surface area contributed by atoms with Crippen molar-refractivity contribution < 1.29 is 35.5 Å². The molecule has 2 heterocycles. The Bertz CT molecular complexity index is 915. The summed E-state index contributed by atoms with van der Waals surface area (Å²) < 4.78 is 91.3. The van der Waals surface area contributed by atoms with Crippen LogP contribution in [0.2, 0.25) is 0 Å². The summed E-state index contributed by atoms with van der Waals surface area (Å²) >= 11 is 0. The van der Waals surface area contributed by atoms with Crippen LogP contribution in [-0.4, -0.2) is 48.3 Å². The topological polar surface area (TPSA) is 48.5 Å². The number of amides is 2. The molecule has 1 fully saturated rings. The fourth-order valence-electron chi connectivity index (χ4n) is 3.26. The summed E-state index contributed by atoms with van der Waals surface area (Å²) in [4.78, 5) is 18.6. The van der Waals surface area contributed by atoms with Crippen LogP contribution in [0.5, 0.6) is 0 Å². The lowest BCUT2D eigenvalue weighted by Crippen LogP contribution is -2.57. The average Bonchev–Trinajstić information content (AvgIpc) is 2.72. The van der Waals surface area contributed by atoms with Gasteiger partial charge in [0, 0.05) is 31.5 Å². The summed E-state index contributed by atoms with van der Waals surface area (Å²) in [6.45, 7) is -1.38. The van der Waals surface area contributed by atoms with E-state index >= 15 is 0 Å². The van der Waals surface area contributed by atoms with E-state index in [0.717, 1.165) is 41.3 Å². The van der Waals surface area contributed by atoms with Crippen LogP contribution in [0.3, 0.4) is 0 Å². The van der Waals surface area contributed by atoms with Crippen molar-refractivity contribution in [2.24, 2.45) is 0 Å². The summed E-state index contributed by atoms with van der Waals surface area (Å²) in [6, 6.07) is 3.89. The number of hydrogen-bond acceptors (Lipinski definition) is 3. The molecule has 12 heteroatoms. The second-order valence-corrected chi connectivity index (χ2v) is 6.83. The zero-order chi connectivity index (χ0) is 22.8. The minimum absolute atomic E-state index is 0.0307. The minimum Gasteiger partial charge on any atom is -0.352 e. The zero-order valence-corrected chi connectivity index (χ0v) is 15.8. The smallest absolute Gasteiger partial charge is 0.352 e. The third kappa shape index (κ3) is 5.17. The van der Waals surface area contributed by atoms with E-state index in [4.69, 9.17) is 0 Å². The van der Waals surface area contributed by atoms with Crippen molar-refractivity contribution in [3.8, 4) is 0 Å². The molecule has 0 spiro atoms. The average molecular weight is 450 g/mol. The number of carbonyl (C=O) groups excluding carboxylic acids is 1.